The summed E-state index contributed by atoms with van der Waals surface area (Å²) in [5.74, 6) is 1.66. The number of amides is 1. The van der Waals surface area contributed by atoms with Crippen LogP contribution >= 0.6 is 0 Å². The Hall–Kier alpha value is -1.43. The molecular formula is C16H25N3O3. The van der Waals surface area contributed by atoms with Crippen molar-refractivity contribution in [3.05, 3.63) is 11.7 Å². The first-order valence-electron chi connectivity index (χ1n) is 8.32. The Balaban J connectivity index is 1.64. The summed E-state index contributed by atoms with van der Waals surface area (Å²) < 4.78 is 5.35. The summed E-state index contributed by atoms with van der Waals surface area (Å²) in [4.78, 5) is 16.7. The summed E-state index contributed by atoms with van der Waals surface area (Å²) in [6.45, 7) is 4.02. The predicted octanol–water partition coefficient (Wildman–Crippen LogP) is 2.46. The molecule has 2 aliphatic rings. The second kappa shape index (κ2) is 5.99. The molecule has 2 saturated carbocycles. The number of carbonyl (C=O) groups is 1. The zero-order valence-corrected chi connectivity index (χ0v) is 13.3. The second-order valence-electron chi connectivity index (χ2n) is 7.16. The van der Waals surface area contributed by atoms with Crippen LogP contribution in [0.4, 0.5) is 0 Å². The van der Waals surface area contributed by atoms with Gasteiger partial charge in [0.2, 0.25) is 11.8 Å². The van der Waals surface area contributed by atoms with E-state index in [2.05, 4.69) is 15.5 Å². The number of hydrogen-bond donors (Lipinski definition) is 2. The van der Waals surface area contributed by atoms with E-state index in [-0.39, 0.29) is 24.3 Å². The third-order valence-corrected chi connectivity index (χ3v) is 4.67. The molecule has 0 spiro atoms. The van der Waals surface area contributed by atoms with Gasteiger partial charge < -0.3 is 14.9 Å². The molecule has 1 amide bonds. The zero-order valence-electron chi connectivity index (χ0n) is 13.3. The highest BCUT2D eigenvalue weighted by Crippen LogP contribution is 2.39. The Morgan fingerprint density at radius 2 is 2.09 bits per heavy atom. The lowest BCUT2D eigenvalue weighted by molar-refractivity contribution is -0.127. The Labute approximate surface area is 130 Å². The summed E-state index contributed by atoms with van der Waals surface area (Å²) in [6.07, 6.45) is 5.78. The molecule has 0 bridgehead atoms. The molecular weight excluding hydrogens is 282 g/mol. The first kappa shape index (κ1) is 15.5. The van der Waals surface area contributed by atoms with E-state index in [1.807, 2.05) is 13.8 Å². The number of nitrogens with zero attached hydrogens (tertiary/aromatic N) is 2. The molecule has 6 nitrogen and oxygen atoms in total. The molecule has 2 N–H and O–H groups in total. The van der Waals surface area contributed by atoms with Crippen molar-refractivity contribution in [3.63, 3.8) is 0 Å². The van der Waals surface area contributed by atoms with Crippen molar-refractivity contribution in [1.82, 2.24) is 15.5 Å². The quantitative estimate of drug-likeness (QED) is 0.843. The maximum Gasteiger partial charge on any atom is 0.249 e. The second-order valence-corrected chi connectivity index (χ2v) is 7.16. The lowest BCUT2D eigenvalue weighted by Gasteiger charge is -2.24. The minimum absolute atomic E-state index is 0.144. The molecule has 1 unspecified atom stereocenters. The number of carbonyl (C=O) groups excluding carboxylic acids is 1. The number of rotatable bonds is 6. The van der Waals surface area contributed by atoms with Gasteiger partial charge in [0.25, 0.3) is 0 Å². The van der Waals surface area contributed by atoms with E-state index in [0.717, 1.165) is 31.5 Å². The maximum atomic E-state index is 12.3. The SMILES string of the molecule is CC(C)C(NC(=O)CC1(O)CCCC1)c1nc(C2CC2)no1. The first-order valence-corrected chi connectivity index (χ1v) is 8.32. The number of hydrogen-bond acceptors (Lipinski definition) is 5. The number of aliphatic hydroxyl groups is 1. The van der Waals surface area contributed by atoms with Crippen molar-refractivity contribution in [1.29, 1.82) is 0 Å². The van der Waals surface area contributed by atoms with Gasteiger partial charge in [-0.05, 0) is 31.6 Å². The summed E-state index contributed by atoms with van der Waals surface area (Å²) in [5.41, 5.74) is -0.834. The Morgan fingerprint density at radius 3 is 2.68 bits per heavy atom. The molecule has 22 heavy (non-hydrogen) atoms. The van der Waals surface area contributed by atoms with Crippen molar-refractivity contribution >= 4 is 5.91 Å². The zero-order chi connectivity index (χ0) is 15.7. The Kier molecular flexibility index (Phi) is 4.21. The number of nitrogens with one attached hydrogen (secondary N) is 1. The van der Waals surface area contributed by atoms with Crippen molar-refractivity contribution in [2.24, 2.45) is 5.92 Å². The van der Waals surface area contributed by atoms with Gasteiger partial charge in [-0.15, -0.1) is 0 Å². The molecule has 6 heteroatoms. The fourth-order valence-electron chi connectivity index (χ4n) is 3.13. The topological polar surface area (TPSA) is 88.2 Å². The monoisotopic (exact) mass is 307 g/mol. The average Bonchev–Trinajstić information content (AvgIpc) is 3.03. The van der Waals surface area contributed by atoms with Crippen molar-refractivity contribution in [2.45, 2.75) is 76.4 Å². The predicted molar refractivity (Wildman–Crippen MR) is 80.0 cm³/mol. The smallest absolute Gasteiger partial charge is 0.249 e. The van der Waals surface area contributed by atoms with Gasteiger partial charge in [0, 0.05) is 5.92 Å². The summed E-state index contributed by atoms with van der Waals surface area (Å²) in [6, 6.07) is -0.294. The minimum Gasteiger partial charge on any atom is -0.389 e. The van der Waals surface area contributed by atoms with Gasteiger partial charge in [-0.1, -0.05) is 31.8 Å². The van der Waals surface area contributed by atoms with Gasteiger partial charge in [-0.25, -0.2) is 0 Å². The lowest BCUT2D eigenvalue weighted by atomic mass is 9.96. The molecule has 122 valence electrons. The highest BCUT2D eigenvalue weighted by molar-refractivity contribution is 5.77. The third kappa shape index (κ3) is 3.48. The van der Waals surface area contributed by atoms with Crippen LogP contribution in [0.15, 0.2) is 4.52 Å². The van der Waals surface area contributed by atoms with Crippen LogP contribution in [0.3, 0.4) is 0 Å². The van der Waals surface area contributed by atoms with E-state index in [1.54, 1.807) is 0 Å². The van der Waals surface area contributed by atoms with E-state index < -0.39 is 5.60 Å². The van der Waals surface area contributed by atoms with Gasteiger partial charge in [0.05, 0.1) is 12.0 Å². The lowest BCUT2D eigenvalue weighted by Crippen LogP contribution is -2.38. The molecule has 0 radical (unpaired) electrons. The molecule has 1 atom stereocenters. The van der Waals surface area contributed by atoms with Crippen molar-refractivity contribution in [2.75, 3.05) is 0 Å². The fraction of sp³-hybridized carbons (Fsp3) is 0.812. The average molecular weight is 307 g/mol. The molecule has 1 aromatic heterocycles. The van der Waals surface area contributed by atoms with E-state index in [4.69, 9.17) is 4.52 Å². The van der Waals surface area contributed by atoms with Crippen LogP contribution in [0.25, 0.3) is 0 Å². The third-order valence-electron chi connectivity index (χ3n) is 4.67. The van der Waals surface area contributed by atoms with Crippen LogP contribution < -0.4 is 5.32 Å². The van der Waals surface area contributed by atoms with E-state index in [9.17, 15) is 9.90 Å². The van der Waals surface area contributed by atoms with Gasteiger partial charge >= 0.3 is 0 Å². The van der Waals surface area contributed by atoms with Crippen LogP contribution in [-0.2, 0) is 4.79 Å². The Bertz CT molecular complexity index is 530. The summed E-state index contributed by atoms with van der Waals surface area (Å²) >= 11 is 0. The molecule has 2 aliphatic carbocycles. The molecule has 0 saturated heterocycles. The van der Waals surface area contributed by atoms with E-state index in [0.29, 0.717) is 24.7 Å². The Morgan fingerprint density at radius 1 is 1.41 bits per heavy atom. The van der Waals surface area contributed by atoms with Gasteiger partial charge in [0.1, 0.15) is 6.04 Å². The summed E-state index contributed by atoms with van der Waals surface area (Å²) in [7, 11) is 0. The van der Waals surface area contributed by atoms with Crippen molar-refractivity contribution in [3.8, 4) is 0 Å². The largest absolute Gasteiger partial charge is 0.389 e. The maximum absolute atomic E-state index is 12.3. The van der Waals surface area contributed by atoms with Crippen LogP contribution in [0, 0.1) is 5.92 Å². The van der Waals surface area contributed by atoms with Crippen LogP contribution in [-0.4, -0.2) is 26.8 Å². The molecule has 3 rings (SSSR count). The number of aromatic nitrogens is 2. The highest BCUT2D eigenvalue weighted by Gasteiger charge is 2.35. The van der Waals surface area contributed by atoms with E-state index >= 15 is 0 Å². The molecule has 1 heterocycles. The molecule has 1 aromatic rings. The molecule has 0 aliphatic heterocycles. The van der Waals surface area contributed by atoms with Crippen LogP contribution in [0.1, 0.15) is 82.5 Å². The standard InChI is InChI=1S/C16H25N3O3/c1-10(2)13(15-18-14(19-22-15)11-5-6-11)17-12(20)9-16(21)7-3-4-8-16/h10-11,13,21H,3-9H2,1-2H3,(H,17,20). The van der Waals surface area contributed by atoms with Crippen LogP contribution in [0.5, 0.6) is 0 Å². The van der Waals surface area contributed by atoms with Gasteiger partial charge in [0.15, 0.2) is 5.82 Å². The highest BCUT2D eigenvalue weighted by atomic mass is 16.5. The first-order chi connectivity index (χ1) is 10.5. The minimum atomic E-state index is -0.834. The molecule has 0 aromatic carbocycles. The van der Waals surface area contributed by atoms with E-state index in [1.165, 1.54) is 0 Å². The fourth-order valence-corrected chi connectivity index (χ4v) is 3.13. The van der Waals surface area contributed by atoms with Gasteiger partial charge in [-0.3, -0.25) is 4.79 Å². The molecule has 2 fully saturated rings. The summed E-state index contributed by atoms with van der Waals surface area (Å²) in [5, 5.41) is 17.3. The normalized spacial score (nSPS) is 22.0. The van der Waals surface area contributed by atoms with Crippen molar-refractivity contribution < 1.29 is 14.4 Å². The van der Waals surface area contributed by atoms with Gasteiger partial charge in [-0.2, -0.15) is 4.98 Å². The van der Waals surface area contributed by atoms with Crippen LogP contribution in [0.2, 0.25) is 0 Å².